The summed E-state index contributed by atoms with van der Waals surface area (Å²) in [7, 11) is 0. The molecule has 24 heavy (non-hydrogen) atoms. The van der Waals surface area contributed by atoms with Crippen LogP contribution in [0.2, 0.25) is 0 Å². The number of anilines is 1. The second kappa shape index (κ2) is 6.71. The van der Waals surface area contributed by atoms with E-state index in [2.05, 4.69) is 40.7 Å². The molecule has 1 fully saturated rings. The summed E-state index contributed by atoms with van der Waals surface area (Å²) in [5.41, 5.74) is 0.896. The highest BCUT2D eigenvalue weighted by atomic mass is 16.1. The van der Waals surface area contributed by atoms with Gasteiger partial charge in [0.2, 0.25) is 0 Å². The predicted octanol–water partition coefficient (Wildman–Crippen LogP) is 2.25. The monoisotopic (exact) mass is 327 g/mol. The molecule has 1 aliphatic heterocycles. The lowest BCUT2D eigenvalue weighted by atomic mass is 9.92. The van der Waals surface area contributed by atoms with Gasteiger partial charge in [0, 0.05) is 37.3 Å². The normalized spacial score (nSPS) is 16.4. The van der Waals surface area contributed by atoms with Crippen molar-refractivity contribution in [3.63, 3.8) is 0 Å². The van der Waals surface area contributed by atoms with Crippen molar-refractivity contribution in [2.45, 2.75) is 45.6 Å². The van der Waals surface area contributed by atoms with Gasteiger partial charge in [-0.05, 0) is 30.9 Å². The van der Waals surface area contributed by atoms with Gasteiger partial charge in [0.25, 0.3) is 5.56 Å². The van der Waals surface area contributed by atoms with Crippen LogP contribution >= 0.6 is 0 Å². The number of nitrogens with zero attached hydrogens (tertiary/aromatic N) is 5. The highest BCUT2D eigenvalue weighted by Gasteiger charge is 2.22. The van der Waals surface area contributed by atoms with Crippen molar-refractivity contribution in [1.29, 1.82) is 0 Å². The fourth-order valence-electron chi connectivity index (χ4n) is 3.04. The molecule has 1 saturated heterocycles. The number of hydrogen-bond acceptors (Lipinski definition) is 5. The van der Waals surface area contributed by atoms with E-state index in [0.717, 1.165) is 37.4 Å². The molecule has 0 aliphatic carbocycles. The summed E-state index contributed by atoms with van der Waals surface area (Å²) in [5.74, 6) is 1.46. The van der Waals surface area contributed by atoms with E-state index in [1.165, 1.54) is 0 Å². The first kappa shape index (κ1) is 16.6. The molecule has 0 bridgehead atoms. The molecular formula is C18H25N5O. The zero-order valence-corrected chi connectivity index (χ0v) is 14.6. The van der Waals surface area contributed by atoms with Crippen molar-refractivity contribution in [2.24, 2.45) is 5.92 Å². The van der Waals surface area contributed by atoms with Gasteiger partial charge < -0.3 is 4.90 Å². The van der Waals surface area contributed by atoms with Gasteiger partial charge in [0.15, 0.2) is 0 Å². The molecule has 0 amide bonds. The number of rotatable bonds is 3. The average Bonchev–Trinajstić information content (AvgIpc) is 2.57. The lowest BCUT2D eigenvalue weighted by Gasteiger charge is -2.32. The minimum absolute atomic E-state index is 0.0127. The molecule has 0 unspecified atom stereocenters. The van der Waals surface area contributed by atoms with E-state index in [9.17, 15) is 4.79 Å². The summed E-state index contributed by atoms with van der Waals surface area (Å²) in [4.78, 5) is 22.7. The topological polar surface area (TPSA) is 63.9 Å². The quantitative estimate of drug-likeness (QED) is 0.865. The van der Waals surface area contributed by atoms with Gasteiger partial charge in [-0.25, -0.2) is 14.6 Å². The van der Waals surface area contributed by atoms with Crippen molar-refractivity contribution in [2.75, 3.05) is 18.0 Å². The fraction of sp³-hybridized carbons (Fsp3) is 0.556. The van der Waals surface area contributed by atoms with E-state index in [4.69, 9.17) is 0 Å². The van der Waals surface area contributed by atoms with E-state index >= 15 is 0 Å². The molecule has 0 atom stereocenters. The molecule has 2 aromatic rings. The third-order valence-corrected chi connectivity index (χ3v) is 4.57. The van der Waals surface area contributed by atoms with Crippen molar-refractivity contribution in [3.8, 4) is 0 Å². The van der Waals surface area contributed by atoms with Crippen LogP contribution in [0.3, 0.4) is 0 Å². The molecule has 0 radical (unpaired) electrons. The van der Waals surface area contributed by atoms with Crippen molar-refractivity contribution < 1.29 is 0 Å². The number of hydrogen-bond donors (Lipinski definition) is 0. The highest BCUT2D eigenvalue weighted by Crippen LogP contribution is 2.23. The summed E-state index contributed by atoms with van der Waals surface area (Å²) < 4.78 is 1.64. The Labute approximate surface area is 142 Å². The maximum absolute atomic E-state index is 12.1. The molecular weight excluding hydrogens is 302 g/mol. The molecule has 128 valence electrons. The van der Waals surface area contributed by atoms with E-state index < -0.39 is 0 Å². The van der Waals surface area contributed by atoms with Crippen LogP contribution < -0.4 is 10.5 Å². The Balaban J connectivity index is 1.65. The maximum Gasteiger partial charge on any atom is 0.266 e. The summed E-state index contributed by atoms with van der Waals surface area (Å²) in [5, 5.41) is 4.58. The summed E-state index contributed by atoms with van der Waals surface area (Å²) in [6, 6.07) is 5.43. The fourth-order valence-corrected chi connectivity index (χ4v) is 3.04. The summed E-state index contributed by atoms with van der Waals surface area (Å²) in [6.45, 7) is 8.95. The Bertz CT molecular complexity index is 727. The van der Waals surface area contributed by atoms with Crippen molar-refractivity contribution >= 4 is 5.82 Å². The Morgan fingerprint density at radius 3 is 2.54 bits per heavy atom. The Morgan fingerprint density at radius 2 is 1.92 bits per heavy atom. The zero-order chi connectivity index (χ0) is 17.2. The molecule has 6 nitrogen and oxygen atoms in total. The molecule has 0 aromatic carbocycles. The largest absolute Gasteiger partial charge is 0.357 e. The van der Waals surface area contributed by atoms with Gasteiger partial charge in [-0.15, -0.1) is 0 Å². The van der Waals surface area contributed by atoms with Crippen LogP contribution in [-0.4, -0.2) is 32.8 Å². The lowest BCUT2D eigenvalue weighted by Crippen LogP contribution is -2.37. The summed E-state index contributed by atoms with van der Waals surface area (Å²) in [6.07, 6.45) is 5.44. The first-order chi connectivity index (χ1) is 11.4. The Kier molecular flexibility index (Phi) is 4.64. The standard InChI is InChI=1S/C18H25N5O/c1-18(2,3)15-4-5-17(24)23(21-15)12-14-7-10-22(11-8-14)16-6-9-19-13-20-16/h4-6,9,13-14H,7-8,10-12H2,1-3H3. The molecule has 1 aliphatic rings. The lowest BCUT2D eigenvalue weighted by molar-refractivity contribution is 0.329. The molecule has 3 rings (SSSR count). The number of piperidine rings is 1. The third kappa shape index (κ3) is 3.80. The van der Waals surface area contributed by atoms with Crippen LogP contribution in [0, 0.1) is 5.92 Å². The summed E-state index contributed by atoms with van der Waals surface area (Å²) >= 11 is 0. The molecule has 6 heteroatoms. The smallest absolute Gasteiger partial charge is 0.266 e. The van der Waals surface area contributed by atoms with Crippen LogP contribution in [0.15, 0.2) is 35.5 Å². The van der Waals surface area contributed by atoms with E-state index in [0.29, 0.717) is 12.5 Å². The zero-order valence-electron chi connectivity index (χ0n) is 14.6. The minimum atomic E-state index is -0.0498. The predicted molar refractivity (Wildman–Crippen MR) is 94.2 cm³/mol. The molecule has 2 aromatic heterocycles. The third-order valence-electron chi connectivity index (χ3n) is 4.57. The Morgan fingerprint density at radius 1 is 1.17 bits per heavy atom. The van der Waals surface area contributed by atoms with Crippen LogP contribution in [0.4, 0.5) is 5.82 Å². The van der Waals surface area contributed by atoms with Gasteiger partial charge in [0.1, 0.15) is 12.1 Å². The highest BCUT2D eigenvalue weighted by molar-refractivity contribution is 5.36. The minimum Gasteiger partial charge on any atom is -0.357 e. The van der Waals surface area contributed by atoms with Gasteiger partial charge in [-0.1, -0.05) is 20.8 Å². The van der Waals surface area contributed by atoms with Gasteiger partial charge in [-0.3, -0.25) is 4.79 Å². The second-order valence-electron chi connectivity index (χ2n) is 7.49. The van der Waals surface area contributed by atoms with E-state index in [1.807, 2.05) is 12.1 Å². The van der Waals surface area contributed by atoms with Crippen LogP contribution in [-0.2, 0) is 12.0 Å². The molecule has 0 N–H and O–H groups in total. The first-order valence-corrected chi connectivity index (χ1v) is 8.53. The van der Waals surface area contributed by atoms with Crippen LogP contribution in [0.5, 0.6) is 0 Å². The Hall–Kier alpha value is -2.24. The second-order valence-corrected chi connectivity index (χ2v) is 7.49. The maximum atomic E-state index is 12.1. The van der Waals surface area contributed by atoms with Crippen LogP contribution in [0.25, 0.3) is 0 Å². The van der Waals surface area contributed by atoms with E-state index in [-0.39, 0.29) is 11.0 Å². The van der Waals surface area contributed by atoms with E-state index in [1.54, 1.807) is 23.3 Å². The number of aromatic nitrogens is 4. The SMILES string of the molecule is CC(C)(C)c1ccc(=O)n(CC2CCN(c3ccncn3)CC2)n1. The molecule has 0 spiro atoms. The van der Waals surface area contributed by atoms with Gasteiger partial charge >= 0.3 is 0 Å². The molecule has 3 heterocycles. The van der Waals surface area contributed by atoms with Crippen molar-refractivity contribution in [1.82, 2.24) is 19.7 Å². The first-order valence-electron chi connectivity index (χ1n) is 8.53. The molecule has 0 saturated carbocycles. The van der Waals surface area contributed by atoms with Crippen LogP contribution in [0.1, 0.15) is 39.3 Å². The van der Waals surface area contributed by atoms with Gasteiger partial charge in [0.05, 0.1) is 5.69 Å². The van der Waals surface area contributed by atoms with Gasteiger partial charge in [-0.2, -0.15) is 5.10 Å². The average molecular weight is 327 g/mol. The van der Waals surface area contributed by atoms with Crippen molar-refractivity contribution in [3.05, 3.63) is 46.8 Å².